The molecule has 1 aliphatic rings. The van der Waals surface area contributed by atoms with Crippen molar-refractivity contribution in [3.05, 3.63) is 34.9 Å². The molecule has 0 spiro atoms. The van der Waals surface area contributed by atoms with Gasteiger partial charge in [0.05, 0.1) is 6.10 Å². The minimum atomic E-state index is -0.405. The van der Waals surface area contributed by atoms with Crippen molar-refractivity contribution in [2.75, 3.05) is 0 Å². The largest absolute Gasteiger partial charge is 0.387 e. The zero-order valence-electron chi connectivity index (χ0n) is 13.9. The number of hydrogen-bond donors (Lipinski definition) is 2. The Labute approximate surface area is 130 Å². The van der Waals surface area contributed by atoms with Crippen molar-refractivity contribution >= 4 is 0 Å². The van der Waals surface area contributed by atoms with Gasteiger partial charge in [-0.1, -0.05) is 50.8 Å². The zero-order valence-corrected chi connectivity index (χ0v) is 13.9. The van der Waals surface area contributed by atoms with E-state index in [4.69, 9.17) is 0 Å². The molecule has 0 saturated heterocycles. The Bertz CT molecular complexity index is 435. The average molecular weight is 289 g/mol. The van der Waals surface area contributed by atoms with Crippen LogP contribution >= 0.6 is 0 Å². The lowest BCUT2D eigenvalue weighted by atomic mass is 9.95. The summed E-state index contributed by atoms with van der Waals surface area (Å²) in [5.74, 6) is 0. The first-order valence-corrected chi connectivity index (χ1v) is 8.63. The van der Waals surface area contributed by atoms with Crippen LogP contribution in [0.15, 0.2) is 18.2 Å². The third-order valence-electron chi connectivity index (χ3n) is 5.00. The minimum Gasteiger partial charge on any atom is -0.387 e. The molecule has 2 N–H and O–H groups in total. The summed E-state index contributed by atoms with van der Waals surface area (Å²) in [6, 6.07) is 7.07. The van der Waals surface area contributed by atoms with E-state index < -0.39 is 6.10 Å². The second-order valence-electron chi connectivity index (χ2n) is 6.66. The van der Waals surface area contributed by atoms with Gasteiger partial charge in [-0.3, -0.25) is 0 Å². The molecule has 21 heavy (non-hydrogen) atoms. The van der Waals surface area contributed by atoms with Crippen LogP contribution in [0.4, 0.5) is 0 Å². The molecule has 0 aliphatic heterocycles. The molecule has 1 fully saturated rings. The van der Waals surface area contributed by atoms with Crippen molar-refractivity contribution < 1.29 is 5.11 Å². The summed E-state index contributed by atoms with van der Waals surface area (Å²) < 4.78 is 0. The number of benzene rings is 1. The second kappa shape index (κ2) is 7.95. The van der Waals surface area contributed by atoms with Gasteiger partial charge >= 0.3 is 0 Å². The molecule has 0 aromatic heterocycles. The molecule has 118 valence electrons. The van der Waals surface area contributed by atoms with Crippen molar-refractivity contribution in [1.29, 1.82) is 0 Å². The summed E-state index contributed by atoms with van der Waals surface area (Å²) in [6.45, 7) is 6.40. The maximum atomic E-state index is 10.7. The van der Waals surface area contributed by atoms with Gasteiger partial charge in [0, 0.05) is 12.1 Å². The molecular formula is C19H31NO. The Kier molecular flexibility index (Phi) is 6.25. The van der Waals surface area contributed by atoms with Crippen LogP contribution in [0.3, 0.4) is 0 Å². The molecule has 2 nitrogen and oxygen atoms in total. The third-order valence-corrected chi connectivity index (χ3v) is 5.00. The first-order valence-electron chi connectivity index (χ1n) is 8.63. The van der Waals surface area contributed by atoms with Crippen molar-refractivity contribution in [2.45, 2.75) is 83.9 Å². The summed E-state index contributed by atoms with van der Waals surface area (Å²) >= 11 is 0. The molecule has 0 heterocycles. The number of nitrogens with one attached hydrogen (secondary N) is 1. The molecule has 1 aromatic rings. The van der Waals surface area contributed by atoms with E-state index in [-0.39, 0.29) is 6.04 Å². The van der Waals surface area contributed by atoms with E-state index in [0.717, 1.165) is 12.0 Å². The average Bonchev–Trinajstić information content (AvgIpc) is 2.75. The van der Waals surface area contributed by atoms with Gasteiger partial charge < -0.3 is 10.4 Å². The quantitative estimate of drug-likeness (QED) is 0.786. The van der Waals surface area contributed by atoms with E-state index in [1.807, 2.05) is 0 Å². The lowest BCUT2D eigenvalue weighted by molar-refractivity contribution is 0.117. The van der Waals surface area contributed by atoms with Gasteiger partial charge in [-0.15, -0.1) is 0 Å². The van der Waals surface area contributed by atoms with Crippen molar-refractivity contribution in [1.82, 2.24) is 5.32 Å². The van der Waals surface area contributed by atoms with Crippen LogP contribution < -0.4 is 5.32 Å². The van der Waals surface area contributed by atoms with Crippen LogP contribution in [0.5, 0.6) is 0 Å². The van der Waals surface area contributed by atoms with Crippen LogP contribution in [-0.2, 0) is 0 Å². The van der Waals surface area contributed by atoms with E-state index in [0.29, 0.717) is 6.04 Å². The minimum absolute atomic E-state index is 0.162. The Hall–Kier alpha value is -0.860. The Morgan fingerprint density at radius 1 is 1.10 bits per heavy atom. The van der Waals surface area contributed by atoms with Gasteiger partial charge in [-0.25, -0.2) is 0 Å². The van der Waals surface area contributed by atoms with Gasteiger partial charge in [0.2, 0.25) is 0 Å². The van der Waals surface area contributed by atoms with Crippen molar-refractivity contribution in [3.8, 4) is 0 Å². The molecule has 0 amide bonds. The van der Waals surface area contributed by atoms with Crippen molar-refractivity contribution in [3.63, 3.8) is 0 Å². The second-order valence-corrected chi connectivity index (χ2v) is 6.66. The van der Waals surface area contributed by atoms with Gasteiger partial charge in [0.1, 0.15) is 0 Å². The van der Waals surface area contributed by atoms with E-state index in [9.17, 15) is 5.11 Å². The lowest BCUT2D eigenvalue weighted by Gasteiger charge is -2.28. The molecule has 0 bridgehead atoms. The fourth-order valence-corrected chi connectivity index (χ4v) is 3.36. The van der Waals surface area contributed by atoms with Gasteiger partial charge in [-0.05, 0) is 49.8 Å². The van der Waals surface area contributed by atoms with Crippen LogP contribution in [0, 0.1) is 13.8 Å². The number of aliphatic hydroxyl groups excluding tert-OH is 1. The first-order chi connectivity index (χ1) is 10.1. The topological polar surface area (TPSA) is 32.3 Å². The number of rotatable bonds is 5. The number of aryl methyl sites for hydroxylation is 2. The van der Waals surface area contributed by atoms with Crippen LogP contribution in [0.1, 0.15) is 74.7 Å². The van der Waals surface area contributed by atoms with Gasteiger partial charge in [0.25, 0.3) is 0 Å². The SMILES string of the molecule is CCC(NC1CCCCCC1)C(O)c1ccc(C)c(C)c1. The smallest absolute Gasteiger partial charge is 0.0943 e. The molecular weight excluding hydrogens is 258 g/mol. The lowest BCUT2D eigenvalue weighted by Crippen LogP contribution is -2.41. The molecule has 2 unspecified atom stereocenters. The summed E-state index contributed by atoms with van der Waals surface area (Å²) in [6.07, 6.45) is 8.47. The van der Waals surface area contributed by atoms with Gasteiger partial charge in [-0.2, -0.15) is 0 Å². The molecule has 1 aromatic carbocycles. The predicted octanol–water partition coefficient (Wildman–Crippen LogP) is 4.43. The maximum Gasteiger partial charge on any atom is 0.0943 e. The highest BCUT2D eigenvalue weighted by molar-refractivity contribution is 5.31. The number of aliphatic hydroxyl groups is 1. The molecule has 0 radical (unpaired) electrons. The van der Waals surface area contributed by atoms with Crippen LogP contribution in [-0.4, -0.2) is 17.2 Å². The molecule has 1 saturated carbocycles. The maximum absolute atomic E-state index is 10.7. The van der Waals surface area contributed by atoms with E-state index >= 15 is 0 Å². The highest BCUT2D eigenvalue weighted by atomic mass is 16.3. The zero-order chi connectivity index (χ0) is 15.2. The monoisotopic (exact) mass is 289 g/mol. The van der Waals surface area contributed by atoms with Gasteiger partial charge in [0.15, 0.2) is 0 Å². The first kappa shape index (κ1) is 16.5. The Morgan fingerprint density at radius 3 is 2.33 bits per heavy atom. The standard InChI is InChI=1S/C19H31NO/c1-4-18(20-17-9-7-5-6-8-10-17)19(21)16-12-11-14(2)15(3)13-16/h11-13,17-21H,4-10H2,1-3H3. The fraction of sp³-hybridized carbons (Fsp3) is 0.684. The molecule has 2 heteroatoms. The fourth-order valence-electron chi connectivity index (χ4n) is 3.36. The van der Waals surface area contributed by atoms with Crippen LogP contribution in [0.2, 0.25) is 0 Å². The Morgan fingerprint density at radius 2 is 1.76 bits per heavy atom. The predicted molar refractivity (Wildman–Crippen MR) is 89.6 cm³/mol. The summed E-state index contributed by atoms with van der Waals surface area (Å²) in [4.78, 5) is 0. The summed E-state index contributed by atoms with van der Waals surface area (Å²) in [5, 5.41) is 14.5. The molecule has 2 rings (SSSR count). The third kappa shape index (κ3) is 4.55. The van der Waals surface area contributed by atoms with Crippen LogP contribution in [0.25, 0.3) is 0 Å². The Balaban J connectivity index is 2.02. The normalized spacial score (nSPS) is 20.0. The number of hydrogen-bond acceptors (Lipinski definition) is 2. The highest BCUT2D eigenvalue weighted by Crippen LogP contribution is 2.24. The molecule has 1 aliphatic carbocycles. The summed E-state index contributed by atoms with van der Waals surface area (Å²) in [7, 11) is 0. The van der Waals surface area contributed by atoms with E-state index in [2.05, 4.69) is 44.3 Å². The van der Waals surface area contributed by atoms with E-state index in [1.165, 1.54) is 49.7 Å². The summed E-state index contributed by atoms with van der Waals surface area (Å²) in [5.41, 5.74) is 3.60. The highest BCUT2D eigenvalue weighted by Gasteiger charge is 2.23. The molecule has 2 atom stereocenters. The van der Waals surface area contributed by atoms with E-state index in [1.54, 1.807) is 0 Å². The van der Waals surface area contributed by atoms with Crippen molar-refractivity contribution in [2.24, 2.45) is 0 Å².